The highest BCUT2D eigenvalue weighted by molar-refractivity contribution is 5.31. The monoisotopic (exact) mass is 272 g/mol. The van der Waals surface area contributed by atoms with Gasteiger partial charge in [0, 0.05) is 31.0 Å². The summed E-state index contributed by atoms with van der Waals surface area (Å²) >= 11 is 0. The fourth-order valence-corrected chi connectivity index (χ4v) is 2.66. The van der Waals surface area contributed by atoms with Crippen molar-refractivity contribution in [3.05, 3.63) is 65.7 Å². The normalized spacial score (nSPS) is 17.9. The summed E-state index contributed by atoms with van der Waals surface area (Å²) in [6, 6.07) is 10.7. The van der Waals surface area contributed by atoms with Crippen molar-refractivity contribution in [2.45, 2.75) is 6.04 Å². The maximum absolute atomic E-state index is 14.2. The number of halogens is 1. The first-order valence-corrected chi connectivity index (χ1v) is 6.82. The van der Waals surface area contributed by atoms with Crippen LogP contribution < -0.4 is 0 Å². The Morgan fingerprint density at radius 2 is 1.90 bits per heavy atom. The highest BCUT2D eigenvalue weighted by Gasteiger charge is 2.26. The van der Waals surface area contributed by atoms with Crippen LogP contribution in [-0.2, 0) is 4.74 Å². The first-order chi connectivity index (χ1) is 9.86. The highest BCUT2D eigenvalue weighted by Crippen LogP contribution is 2.30. The largest absolute Gasteiger partial charge is 0.379 e. The second-order valence-electron chi connectivity index (χ2n) is 4.86. The number of nitrogens with zero attached hydrogens (tertiary/aromatic N) is 2. The van der Waals surface area contributed by atoms with Gasteiger partial charge in [0.25, 0.3) is 0 Å². The van der Waals surface area contributed by atoms with E-state index in [0.29, 0.717) is 18.8 Å². The molecule has 0 amide bonds. The van der Waals surface area contributed by atoms with Crippen LogP contribution in [0.15, 0.2) is 48.8 Å². The van der Waals surface area contributed by atoms with Crippen molar-refractivity contribution in [1.29, 1.82) is 0 Å². The van der Waals surface area contributed by atoms with E-state index >= 15 is 0 Å². The summed E-state index contributed by atoms with van der Waals surface area (Å²) in [6.45, 7) is 2.97. The lowest BCUT2D eigenvalue weighted by molar-refractivity contribution is 0.0233. The molecule has 3 nitrogen and oxygen atoms in total. The molecule has 0 saturated carbocycles. The van der Waals surface area contributed by atoms with Crippen molar-refractivity contribution in [3.8, 4) is 0 Å². The van der Waals surface area contributed by atoms with Crippen molar-refractivity contribution in [2.24, 2.45) is 0 Å². The predicted molar refractivity (Wildman–Crippen MR) is 74.9 cm³/mol. The summed E-state index contributed by atoms with van der Waals surface area (Å²) in [5.74, 6) is -0.173. The molecule has 2 heterocycles. The van der Waals surface area contributed by atoms with Gasteiger partial charge in [-0.15, -0.1) is 0 Å². The molecule has 1 aromatic heterocycles. The number of hydrogen-bond acceptors (Lipinski definition) is 3. The van der Waals surface area contributed by atoms with E-state index < -0.39 is 0 Å². The zero-order valence-electron chi connectivity index (χ0n) is 11.2. The van der Waals surface area contributed by atoms with E-state index in [4.69, 9.17) is 4.74 Å². The van der Waals surface area contributed by atoms with Crippen LogP contribution >= 0.6 is 0 Å². The zero-order valence-corrected chi connectivity index (χ0v) is 11.2. The topological polar surface area (TPSA) is 25.4 Å². The summed E-state index contributed by atoms with van der Waals surface area (Å²) in [5, 5.41) is 0. The minimum Gasteiger partial charge on any atom is -0.379 e. The maximum atomic E-state index is 14.2. The van der Waals surface area contributed by atoms with Gasteiger partial charge in [0.15, 0.2) is 0 Å². The van der Waals surface area contributed by atoms with Gasteiger partial charge in [-0.25, -0.2) is 4.39 Å². The SMILES string of the molecule is Fc1ccccc1C(c1cccnc1)N1CCOCC1. The van der Waals surface area contributed by atoms with E-state index in [1.165, 1.54) is 6.07 Å². The predicted octanol–water partition coefficient (Wildman–Crippen LogP) is 2.64. The van der Waals surface area contributed by atoms with Crippen LogP contribution in [0, 0.1) is 5.82 Å². The standard InChI is InChI=1S/C16H17FN2O/c17-15-6-2-1-5-14(15)16(13-4-3-7-18-12-13)19-8-10-20-11-9-19/h1-7,12,16H,8-11H2. The highest BCUT2D eigenvalue weighted by atomic mass is 19.1. The summed E-state index contributed by atoms with van der Waals surface area (Å²) in [5.41, 5.74) is 1.71. The molecule has 2 aromatic rings. The molecule has 1 aromatic carbocycles. The van der Waals surface area contributed by atoms with Gasteiger partial charge in [-0.05, 0) is 17.7 Å². The lowest BCUT2D eigenvalue weighted by Gasteiger charge is -2.35. The zero-order chi connectivity index (χ0) is 13.8. The average molecular weight is 272 g/mol. The van der Waals surface area contributed by atoms with Gasteiger partial charge in [0.1, 0.15) is 5.82 Å². The summed E-state index contributed by atoms with van der Waals surface area (Å²) in [7, 11) is 0. The molecule has 1 aliphatic heterocycles. The molecule has 0 aliphatic carbocycles. The van der Waals surface area contributed by atoms with Crippen molar-refractivity contribution < 1.29 is 9.13 Å². The Morgan fingerprint density at radius 3 is 2.60 bits per heavy atom. The molecule has 1 aliphatic rings. The van der Waals surface area contributed by atoms with E-state index in [0.717, 1.165) is 18.7 Å². The van der Waals surface area contributed by atoms with E-state index in [9.17, 15) is 4.39 Å². The van der Waals surface area contributed by atoms with Crippen LogP contribution in [0.3, 0.4) is 0 Å². The first-order valence-electron chi connectivity index (χ1n) is 6.82. The molecule has 104 valence electrons. The van der Waals surface area contributed by atoms with Gasteiger partial charge >= 0.3 is 0 Å². The Morgan fingerprint density at radius 1 is 1.10 bits per heavy atom. The Bertz CT molecular complexity index is 555. The second kappa shape index (κ2) is 6.11. The second-order valence-corrected chi connectivity index (χ2v) is 4.86. The van der Waals surface area contributed by atoms with Gasteiger partial charge < -0.3 is 4.74 Å². The number of ether oxygens (including phenoxy) is 1. The lowest BCUT2D eigenvalue weighted by atomic mass is 9.97. The minimum atomic E-state index is -0.173. The Labute approximate surface area is 118 Å². The molecule has 1 unspecified atom stereocenters. The molecule has 4 heteroatoms. The van der Waals surface area contributed by atoms with Gasteiger partial charge in [-0.3, -0.25) is 9.88 Å². The van der Waals surface area contributed by atoms with E-state index in [-0.39, 0.29) is 11.9 Å². The van der Waals surface area contributed by atoms with Gasteiger partial charge in [-0.2, -0.15) is 0 Å². The van der Waals surface area contributed by atoms with Crippen LogP contribution in [-0.4, -0.2) is 36.2 Å². The molecule has 3 rings (SSSR count). The molecule has 1 fully saturated rings. The molecule has 1 saturated heterocycles. The number of benzene rings is 1. The molecular formula is C16H17FN2O. The average Bonchev–Trinajstić information content (AvgIpc) is 2.52. The van der Waals surface area contributed by atoms with Crippen molar-refractivity contribution >= 4 is 0 Å². The van der Waals surface area contributed by atoms with Gasteiger partial charge in [-0.1, -0.05) is 24.3 Å². The third-order valence-electron chi connectivity index (χ3n) is 3.61. The quantitative estimate of drug-likeness (QED) is 0.859. The summed E-state index contributed by atoms with van der Waals surface area (Å²) < 4.78 is 19.6. The molecule has 0 radical (unpaired) electrons. The smallest absolute Gasteiger partial charge is 0.128 e. The molecule has 0 N–H and O–H groups in total. The lowest BCUT2D eigenvalue weighted by Crippen LogP contribution is -2.39. The van der Waals surface area contributed by atoms with Crippen LogP contribution in [0.1, 0.15) is 17.2 Å². The third-order valence-corrected chi connectivity index (χ3v) is 3.61. The van der Waals surface area contributed by atoms with Gasteiger partial charge in [0.05, 0.1) is 19.3 Å². The number of aromatic nitrogens is 1. The minimum absolute atomic E-state index is 0.103. The van der Waals surface area contributed by atoms with E-state index in [2.05, 4.69) is 9.88 Å². The van der Waals surface area contributed by atoms with Crippen molar-refractivity contribution in [1.82, 2.24) is 9.88 Å². The Kier molecular flexibility index (Phi) is 4.04. The van der Waals surface area contributed by atoms with Crippen molar-refractivity contribution in [3.63, 3.8) is 0 Å². The first kappa shape index (κ1) is 13.2. The summed E-state index contributed by atoms with van der Waals surface area (Å²) in [4.78, 5) is 6.42. The maximum Gasteiger partial charge on any atom is 0.128 e. The fourth-order valence-electron chi connectivity index (χ4n) is 2.66. The molecule has 0 spiro atoms. The Balaban J connectivity index is 2.01. The number of pyridine rings is 1. The molecule has 0 bridgehead atoms. The van der Waals surface area contributed by atoms with Crippen LogP contribution in [0.4, 0.5) is 4.39 Å². The van der Waals surface area contributed by atoms with Crippen molar-refractivity contribution in [2.75, 3.05) is 26.3 Å². The van der Waals surface area contributed by atoms with E-state index in [1.807, 2.05) is 30.5 Å². The number of hydrogen-bond donors (Lipinski definition) is 0. The third kappa shape index (κ3) is 2.71. The van der Waals surface area contributed by atoms with Gasteiger partial charge in [0.2, 0.25) is 0 Å². The molecule has 20 heavy (non-hydrogen) atoms. The molecular weight excluding hydrogens is 255 g/mol. The molecule has 1 atom stereocenters. The fraction of sp³-hybridized carbons (Fsp3) is 0.312. The van der Waals surface area contributed by atoms with Crippen LogP contribution in [0.2, 0.25) is 0 Å². The number of rotatable bonds is 3. The Hall–Kier alpha value is -1.78. The van der Waals surface area contributed by atoms with Crippen LogP contribution in [0.5, 0.6) is 0 Å². The number of morpholine rings is 1. The van der Waals surface area contributed by atoms with Crippen LogP contribution in [0.25, 0.3) is 0 Å². The van der Waals surface area contributed by atoms with E-state index in [1.54, 1.807) is 12.3 Å². The summed E-state index contributed by atoms with van der Waals surface area (Å²) in [6.07, 6.45) is 3.55.